The average molecular weight is 514 g/mol. The Kier molecular flexibility index (Phi) is 14.4. The van der Waals surface area contributed by atoms with E-state index >= 15 is 0 Å². The van der Waals surface area contributed by atoms with Gasteiger partial charge < -0.3 is 19.6 Å². The number of benzene rings is 2. The number of anilines is 1. The van der Waals surface area contributed by atoms with Crippen molar-refractivity contribution in [3.8, 4) is 0 Å². The molecule has 0 bridgehead atoms. The Morgan fingerprint density at radius 3 is 2.27 bits per heavy atom. The molecular weight excluding hydrogens is 480 g/mol. The van der Waals surface area contributed by atoms with Crippen LogP contribution in [0, 0.1) is 12.7 Å². The number of carboxylic acids is 1. The Morgan fingerprint density at radius 1 is 1.14 bits per heavy atom. The Bertz CT molecular complexity index is 1310. The third kappa shape index (κ3) is 7.83. The first-order valence-electron chi connectivity index (χ1n) is 11.3. The molecule has 0 aliphatic heterocycles. The fourth-order valence-electron chi connectivity index (χ4n) is 3.43. The van der Waals surface area contributed by atoms with E-state index < -0.39 is 23.3 Å². The monoisotopic (exact) mass is 513 g/mol. The van der Waals surface area contributed by atoms with Crippen LogP contribution in [0.15, 0.2) is 77.0 Å². The number of alkyl halides is 1. The number of allylic oxidation sites excluding steroid dienone is 4. The van der Waals surface area contributed by atoms with Gasteiger partial charge in [-0.15, -0.1) is 0 Å². The molecule has 0 amide bonds. The van der Waals surface area contributed by atoms with Crippen molar-refractivity contribution in [3.05, 3.63) is 106 Å². The fraction of sp³-hybridized carbons (Fsp3) is 0.207. The van der Waals surface area contributed by atoms with E-state index in [0.717, 1.165) is 5.56 Å². The number of carboxylic acid groups (broad SMARTS) is 1. The molecule has 0 fully saturated rings. The molecule has 198 valence electrons. The van der Waals surface area contributed by atoms with Crippen molar-refractivity contribution in [2.24, 2.45) is 0 Å². The highest BCUT2D eigenvalue weighted by atomic mass is 19.1. The van der Waals surface area contributed by atoms with Gasteiger partial charge in [0.1, 0.15) is 12.4 Å². The van der Waals surface area contributed by atoms with Crippen LogP contribution in [-0.4, -0.2) is 25.0 Å². The Balaban J connectivity index is 0.00000201. The van der Waals surface area contributed by atoms with E-state index in [1.165, 1.54) is 24.3 Å². The summed E-state index contributed by atoms with van der Waals surface area (Å²) >= 11 is 0. The molecule has 0 radical (unpaired) electrons. The summed E-state index contributed by atoms with van der Waals surface area (Å²) in [5, 5.41) is 12.7. The number of carbonyl (C=O) groups is 2. The lowest BCUT2D eigenvalue weighted by molar-refractivity contribution is -0.0980. The third-order valence-electron chi connectivity index (χ3n) is 4.88. The maximum Gasteiger partial charge on any atom is 0.337 e. The van der Waals surface area contributed by atoms with E-state index in [2.05, 4.69) is 18.5 Å². The quantitative estimate of drug-likeness (QED) is 0.322. The molecule has 1 heterocycles. The fourth-order valence-corrected chi connectivity index (χ4v) is 3.43. The topological polar surface area (TPSA) is 96.6 Å². The molecule has 0 saturated carbocycles. The summed E-state index contributed by atoms with van der Waals surface area (Å²) in [6.07, 6.45) is 4.33. The molecule has 3 aromatic rings. The molecule has 1 atom stereocenters. The summed E-state index contributed by atoms with van der Waals surface area (Å²) in [7, 11) is 0.500. The Labute approximate surface area is 215 Å². The summed E-state index contributed by atoms with van der Waals surface area (Å²) in [6.45, 7) is 16.8. The van der Waals surface area contributed by atoms with Crippen molar-refractivity contribution < 1.29 is 27.9 Å². The summed E-state index contributed by atoms with van der Waals surface area (Å²) < 4.78 is 30.2. The molecule has 0 saturated heterocycles. The van der Waals surface area contributed by atoms with Crippen LogP contribution in [0.2, 0.25) is 0 Å². The molecule has 0 aliphatic carbocycles. The highest BCUT2D eigenvalue weighted by Gasteiger charge is 2.21. The lowest BCUT2D eigenvalue weighted by atomic mass is 10.00. The van der Waals surface area contributed by atoms with E-state index in [1.807, 2.05) is 33.6 Å². The zero-order chi connectivity index (χ0) is 28.7. The first-order valence-corrected chi connectivity index (χ1v) is 11.3. The molecule has 2 aromatic carbocycles. The van der Waals surface area contributed by atoms with Crippen molar-refractivity contribution in [2.75, 3.05) is 12.5 Å². The van der Waals surface area contributed by atoms with E-state index in [0.29, 0.717) is 18.4 Å². The maximum absolute atomic E-state index is 14.8. The lowest BCUT2D eigenvalue weighted by Gasteiger charge is -2.19. The van der Waals surface area contributed by atoms with E-state index in [9.17, 15) is 23.5 Å². The van der Waals surface area contributed by atoms with Gasteiger partial charge in [-0.3, -0.25) is 9.18 Å². The van der Waals surface area contributed by atoms with Crippen LogP contribution in [0.4, 0.5) is 14.5 Å². The molecule has 0 aliphatic rings. The second kappa shape index (κ2) is 16.4. The molecule has 0 spiro atoms. The van der Waals surface area contributed by atoms with Gasteiger partial charge in [0.05, 0.1) is 24.2 Å². The molecule has 8 heteroatoms. The van der Waals surface area contributed by atoms with Gasteiger partial charge >= 0.3 is 5.97 Å². The predicted molar refractivity (Wildman–Crippen MR) is 146 cm³/mol. The van der Waals surface area contributed by atoms with Gasteiger partial charge in [-0.1, -0.05) is 63.4 Å². The second-order valence-electron chi connectivity index (χ2n) is 7.08. The standard InChI is InChI=1S/C25H22FNO4.C2H6.CH3F.CH2O/c1-5-9-16(6-2)23-21(26)22(28)19-13-14(3)12-18(24(19)31-23)15(4)27-20-11-8-7-10-17(20)25(29)30;3*1-2/h5-13,15,27H,1-2H2,3-4H3,(H,29,30);1-2H3;1H3;1H2/b16-9+;;;. The van der Waals surface area contributed by atoms with E-state index in [-0.39, 0.29) is 27.9 Å². The molecule has 6 nitrogen and oxygen atoms in total. The number of aromatic carboxylic acids is 1. The summed E-state index contributed by atoms with van der Waals surface area (Å²) in [4.78, 5) is 32.3. The average Bonchev–Trinajstić information content (AvgIpc) is 2.93. The minimum Gasteiger partial charge on any atom is -0.478 e. The smallest absolute Gasteiger partial charge is 0.337 e. The highest BCUT2D eigenvalue weighted by molar-refractivity contribution is 5.94. The molecule has 1 aromatic heterocycles. The zero-order valence-corrected chi connectivity index (χ0v) is 21.7. The van der Waals surface area contributed by atoms with Crippen molar-refractivity contribution in [1.29, 1.82) is 0 Å². The van der Waals surface area contributed by atoms with Gasteiger partial charge in [-0.25, -0.2) is 4.79 Å². The van der Waals surface area contributed by atoms with Crippen LogP contribution in [0.5, 0.6) is 0 Å². The number of hydrogen-bond donors (Lipinski definition) is 2. The second-order valence-corrected chi connectivity index (χ2v) is 7.08. The first-order chi connectivity index (χ1) is 17.8. The van der Waals surface area contributed by atoms with Crippen LogP contribution in [0.25, 0.3) is 16.5 Å². The molecule has 3 rings (SSSR count). The van der Waals surface area contributed by atoms with Crippen molar-refractivity contribution in [1.82, 2.24) is 0 Å². The maximum atomic E-state index is 14.8. The van der Waals surface area contributed by atoms with Gasteiger partial charge in [-0.05, 0) is 37.6 Å². The van der Waals surface area contributed by atoms with E-state index in [1.54, 1.807) is 31.2 Å². The number of para-hydroxylation sites is 1. The number of carbonyl (C=O) groups excluding carboxylic acids is 1. The van der Waals surface area contributed by atoms with Gasteiger partial charge in [0, 0.05) is 16.8 Å². The summed E-state index contributed by atoms with van der Waals surface area (Å²) in [6, 6.07) is 9.45. The number of aryl methyl sites for hydroxylation is 1. The van der Waals surface area contributed by atoms with Gasteiger partial charge in [0.15, 0.2) is 5.76 Å². The third-order valence-corrected chi connectivity index (χ3v) is 4.88. The van der Waals surface area contributed by atoms with Gasteiger partial charge in [-0.2, -0.15) is 4.39 Å². The molecule has 37 heavy (non-hydrogen) atoms. The summed E-state index contributed by atoms with van der Waals surface area (Å²) in [5.74, 6) is -2.30. The number of fused-ring (bicyclic) bond motifs is 1. The predicted octanol–water partition coefficient (Wildman–Crippen LogP) is 7.29. The first kappa shape index (κ1) is 32.7. The van der Waals surface area contributed by atoms with Crippen LogP contribution in [0.1, 0.15) is 54.1 Å². The van der Waals surface area contributed by atoms with Crippen LogP contribution in [0.3, 0.4) is 0 Å². The number of hydrogen-bond acceptors (Lipinski definition) is 5. The number of nitrogens with one attached hydrogen (secondary N) is 1. The van der Waals surface area contributed by atoms with Crippen LogP contribution >= 0.6 is 0 Å². The Hall–Kier alpha value is -4.33. The lowest BCUT2D eigenvalue weighted by Crippen LogP contribution is -2.15. The SMILES string of the molecule is C=C/C=C(\C=C)c1oc2c(C(C)Nc3ccccc3C(=O)O)cc(C)cc2c(=O)c1F.C=O.CC.CF. The van der Waals surface area contributed by atoms with Crippen LogP contribution in [-0.2, 0) is 4.79 Å². The van der Waals surface area contributed by atoms with Crippen molar-refractivity contribution in [3.63, 3.8) is 0 Å². The molecule has 2 N–H and O–H groups in total. The molecular formula is C29H33F2NO5. The largest absolute Gasteiger partial charge is 0.478 e. The number of rotatable bonds is 7. The summed E-state index contributed by atoms with van der Waals surface area (Å²) in [5.41, 5.74) is 1.59. The molecule has 1 unspecified atom stereocenters. The Morgan fingerprint density at radius 2 is 1.73 bits per heavy atom. The minimum absolute atomic E-state index is 0.110. The van der Waals surface area contributed by atoms with Crippen molar-refractivity contribution >= 4 is 35.0 Å². The zero-order valence-electron chi connectivity index (χ0n) is 21.7. The van der Waals surface area contributed by atoms with Gasteiger partial charge in [0.25, 0.3) is 0 Å². The van der Waals surface area contributed by atoms with Crippen LogP contribution < -0.4 is 10.7 Å². The normalized spacial score (nSPS) is 10.8. The highest BCUT2D eigenvalue weighted by Crippen LogP contribution is 2.31. The van der Waals surface area contributed by atoms with E-state index in [4.69, 9.17) is 9.21 Å². The minimum atomic E-state index is -1.06. The number of halogens is 2. The van der Waals surface area contributed by atoms with Gasteiger partial charge in [0.2, 0.25) is 11.2 Å². The van der Waals surface area contributed by atoms with Crippen molar-refractivity contribution in [2.45, 2.75) is 33.7 Å².